The number of carbonyl (C=O) groups excluding carboxylic acids is 1. The van der Waals surface area contributed by atoms with Crippen LogP contribution in [0.3, 0.4) is 0 Å². The molecule has 1 saturated heterocycles. The third-order valence-electron chi connectivity index (χ3n) is 1.93. The van der Waals surface area contributed by atoms with Crippen LogP contribution in [0.15, 0.2) is 0 Å². The Morgan fingerprint density at radius 1 is 1.77 bits per heavy atom. The molecule has 0 saturated carbocycles. The van der Waals surface area contributed by atoms with E-state index >= 15 is 0 Å². The number of aliphatic hydroxyl groups is 1. The van der Waals surface area contributed by atoms with Crippen molar-refractivity contribution in [2.45, 2.75) is 18.1 Å². The Bertz CT molecular complexity index is 291. The van der Waals surface area contributed by atoms with Crippen LogP contribution >= 0.6 is 7.37 Å². The molecule has 8 heteroatoms. The van der Waals surface area contributed by atoms with Crippen molar-refractivity contribution in [3.05, 3.63) is 0 Å². The van der Waals surface area contributed by atoms with Gasteiger partial charge >= 0.3 is 0 Å². The first-order valence-electron chi connectivity index (χ1n) is 3.40. The average molecular weight is 213 g/mol. The molecular formula is C5H9FNO5P. The summed E-state index contributed by atoms with van der Waals surface area (Å²) in [5.41, 5.74) is 0. The third-order valence-corrected chi connectivity index (χ3v) is 3.62. The zero-order valence-electron chi connectivity index (χ0n) is 6.71. The molecule has 6 nitrogen and oxygen atoms in total. The normalized spacial score (nSPS) is 39.3. The number of amides is 1. The number of hydroxylamine groups is 2. The molecule has 1 rings (SSSR count). The molecule has 76 valence electrons. The van der Waals surface area contributed by atoms with Gasteiger partial charge in [-0.2, -0.15) is 5.06 Å². The molecule has 0 aliphatic carbocycles. The van der Waals surface area contributed by atoms with Gasteiger partial charge in [-0.1, -0.05) is 0 Å². The maximum atomic E-state index is 13.5. The lowest BCUT2D eigenvalue weighted by atomic mass is 10.3. The van der Waals surface area contributed by atoms with Crippen LogP contribution in [0.25, 0.3) is 0 Å². The maximum absolute atomic E-state index is 13.5. The fraction of sp³-hybridized carbons (Fsp3) is 0.800. The quantitative estimate of drug-likeness (QED) is 0.402. The predicted octanol–water partition coefficient (Wildman–Crippen LogP) is -0.508. The van der Waals surface area contributed by atoms with E-state index in [4.69, 9.17) is 15.2 Å². The van der Waals surface area contributed by atoms with Crippen LogP contribution in [-0.4, -0.2) is 44.5 Å². The van der Waals surface area contributed by atoms with Crippen LogP contribution in [0.2, 0.25) is 0 Å². The molecule has 1 aliphatic rings. The number of hydrogen-bond acceptors (Lipinski definition) is 4. The third kappa shape index (κ3) is 1.38. The highest BCUT2D eigenvalue weighted by Gasteiger charge is 2.61. The van der Waals surface area contributed by atoms with Crippen molar-refractivity contribution in [3.63, 3.8) is 0 Å². The van der Waals surface area contributed by atoms with Gasteiger partial charge in [-0.3, -0.25) is 14.6 Å². The smallest absolute Gasteiger partial charge is 0.296 e. The van der Waals surface area contributed by atoms with E-state index < -0.39 is 31.3 Å². The van der Waals surface area contributed by atoms with Crippen LogP contribution in [0.5, 0.6) is 0 Å². The summed E-state index contributed by atoms with van der Waals surface area (Å²) in [6.45, 7) is 0.663. The van der Waals surface area contributed by atoms with E-state index in [-0.39, 0.29) is 5.06 Å². The molecule has 3 unspecified atom stereocenters. The predicted molar refractivity (Wildman–Crippen MR) is 38.8 cm³/mol. The second-order valence-electron chi connectivity index (χ2n) is 2.97. The van der Waals surface area contributed by atoms with Crippen LogP contribution in [0.4, 0.5) is 4.39 Å². The van der Waals surface area contributed by atoms with Crippen molar-refractivity contribution in [2.75, 3.05) is 6.66 Å². The molecule has 13 heavy (non-hydrogen) atoms. The minimum Gasteiger partial charge on any atom is -0.371 e. The first-order chi connectivity index (χ1) is 5.70. The molecule has 1 fully saturated rings. The van der Waals surface area contributed by atoms with Crippen molar-refractivity contribution in [3.8, 4) is 0 Å². The summed E-state index contributed by atoms with van der Waals surface area (Å²) in [6.07, 6.45) is -2.66. The number of alkyl halides is 1. The number of hydrogen-bond donors (Lipinski definition) is 3. The molecule has 3 N–H and O–H groups in total. The van der Waals surface area contributed by atoms with Gasteiger partial charge in [0.15, 0.2) is 6.23 Å². The number of aliphatic hydroxyl groups excluding tert-OH is 1. The van der Waals surface area contributed by atoms with Crippen LogP contribution in [0.1, 0.15) is 6.42 Å². The summed E-state index contributed by atoms with van der Waals surface area (Å²) in [5, 5.41) is 14.2. The molecule has 0 aromatic rings. The largest absolute Gasteiger partial charge is 0.371 e. The zero-order chi connectivity index (χ0) is 10.4. The Kier molecular flexibility index (Phi) is 2.24. The van der Waals surface area contributed by atoms with Gasteiger partial charge in [0.05, 0.1) is 0 Å². The molecule has 0 radical (unpaired) electrons. The van der Waals surface area contributed by atoms with Crippen molar-refractivity contribution >= 4 is 13.3 Å². The van der Waals surface area contributed by atoms with Gasteiger partial charge in [0.2, 0.25) is 7.37 Å². The van der Waals surface area contributed by atoms with E-state index in [9.17, 15) is 13.8 Å². The Hall–Kier alpha value is -0.490. The molecule has 0 aromatic carbocycles. The summed E-state index contributed by atoms with van der Waals surface area (Å²) in [7, 11) is -4.33. The van der Waals surface area contributed by atoms with Gasteiger partial charge in [0.1, 0.15) is 0 Å². The molecule has 1 heterocycles. The number of carbonyl (C=O) groups is 1. The molecule has 0 spiro atoms. The molecule has 3 atom stereocenters. The van der Waals surface area contributed by atoms with E-state index in [1.54, 1.807) is 0 Å². The van der Waals surface area contributed by atoms with Crippen LogP contribution in [-0.2, 0) is 9.36 Å². The fourth-order valence-electron chi connectivity index (χ4n) is 1.07. The van der Waals surface area contributed by atoms with Crippen molar-refractivity contribution < 1.29 is 29.0 Å². The molecule has 0 bridgehead atoms. The SMILES string of the molecule is CP(=O)(O)C1(F)CC(O)N(O)C1=O. The molecular weight excluding hydrogens is 204 g/mol. The summed E-state index contributed by atoms with van der Waals surface area (Å²) in [6, 6.07) is 0. The standard InChI is InChI=1S/C5H9FNO5P/c1-13(11,12)5(6)2-3(8)7(10)4(5)9/h3,8,10H,2H2,1H3,(H,11,12). The first-order valence-corrected chi connectivity index (χ1v) is 5.51. The fourth-order valence-corrected chi connectivity index (χ4v) is 2.03. The summed E-state index contributed by atoms with van der Waals surface area (Å²) < 4.78 is 24.4. The number of rotatable bonds is 1. The van der Waals surface area contributed by atoms with Gasteiger partial charge in [0, 0.05) is 13.1 Å². The Morgan fingerprint density at radius 2 is 2.23 bits per heavy atom. The van der Waals surface area contributed by atoms with Crippen molar-refractivity contribution in [1.82, 2.24) is 5.06 Å². The van der Waals surface area contributed by atoms with Crippen LogP contribution < -0.4 is 0 Å². The second-order valence-corrected chi connectivity index (χ2v) is 5.44. The van der Waals surface area contributed by atoms with Crippen LogP contribution in [0, 0.1) is 0 Å². The minimum absolute atomic E-state index is 0.271. The van der Waals surface area contributed by atoms with Crippen molar-refractivity contribution in [1.29, 1.82) is 0 Å². The lowest BCUT2D eigenvalue weighted by molar-refractivity contribution is -0.191. The van der Waals surface area contributed by atoms with Gasteiger partial charge < -0.3 is 10.00 Å². The van der Waals surface area contributed by atoms with Gasteiger partial charge in [-0.15, -0.1) is 0 Å². The number of nitrogens with zero attached hydrogens (tertiary/aromatic N) is 1. The Balaban J connectivity index is 3.09. The molecule has 1 aliphatic heterocycles. The Labute approximate surface area is 73.0 Å². The molecule has 1 amide bonds. The average Bonchev–Trinajstić information content (AvgIpc) is 2.15. The summed E-state index contributed by atoms with van der Waals surface area (Å²) in [4.78, 5) is 19.8. The van der Waals surface area contributed by atoms with Crippen molar-refractivity contribution in [2.24, 2.45) is 0 Å². The first kappa shape index (κ1) is 10.6. The topological polar surface area (TPSA) is 98.1 Å². The number of halogens is 1. The van der Waals surface area contributed by atoms with E-state index in [0.717, 1.165) is 0 Å². The van der Waals surface area contributed by atoms with Gasteiger partial charge in [-0.25, -0.2) is 4.39 Å². The summed E-state index contributed by atoms with van der Waals surface area (Å²) >= 11 is 0. The van der Waals surface area contributed by atoms with E-state index in [1.807, 2.05) is 0 Å². The zero-order valence-corrected chi connectivity index (χ0v) is 7.61. The summed E-state index contributed by atoms with van der Waals surface area (Å²) in [5.74, 6) is -1.58. The van der Waals surface area contributed by atoms with Gasteiger partial charge in [0.25, 0.3) is 11.3 Å². The minimum atomic E-state index is -4.33. The maximum Gasteiger partial charge on any atom is 0.296 e. The highest BCUT2D eigenvalue weighted by atomic mass is 31.2. The highest BCUT2D eigenvalue weighted by Crippen LogP contribution is 2.57. The second kappa shape index (κ2) is 2.75. The monoisotopic (exact) mass is 213 g/mol. The van der Waals surface area contributed by atoms with Gasteiger partial charge in [-0.05, 0) is 0 Å². The van der Waals surface area contributed by atoms with E-state index in [1.165, 1.54) is 0 Å². The highest BCUT2D eigenvalue weighted by molar-refractivity contribution is 7.59. The Morgan fingerprint density at radius 3 is 2.38 bits per heavy atom. The molecule has 0 aromatic heterocycles. The van der Waals surface area contributed by atoms with E-state index in [0.29, 0.717) is 6.66 Å². The lowest BCUT2D eigenvalue weighted by Gasteiger charge is -2.19. The lowest BCUT2D eigenvalue weighted by Crippen LogP contribution is -2.35. The van der Waals surface area contributed by atoms with E-state index in [2.05, 4.69) is 0 Å².